The zero-order valence-corrected chi connectivity index (χ0v) is 9.33. The van der Waals surface area contributed by atoms with Crippen LogP contribution in [0.3, 0.4) is 0 Å². The third kappa shape index (κ3) is 2.91. The summed E-state index contributed by atoms with van der Waals surface area (Å²) in [5, 5.41) is 9.10. The summed E-state index contributed by atoms with van der Waals surface area (Å²) in [5.41, 5.74) is 2.54. The molecule has 1 nitrogen and oxygen atoms in total. The average Bonchev–Trinajstić information content (AvgIpc) is 2.02. The Morgan fingerprint density at radius 2 is 1.64 bits per heavy atom. The van der Waals surface area contributed by atoms with Crippen molar-refractivity contribution in [2.24, 2.45) is 0 Å². The van der Waals surface area contributed by atoms with Crippen molar-refractivity contribution < 1.29 is 5.11 Å². The molecule has 76 valence electrons. The molecule has 0 aliphatic rings. The van der Waals surface area contributed by atoms with Crippen molar-refractivity contribution in [1.29, 1.82) is 0 Å². The lowest BCUT2D eigenvalue weighted by molar-refractivity contribution is 0.420. The van der Waals surface area contributed by atoms with Crippen LogP contribution in [0.5, 0.6) is 0 Å². The highest BCUT2D eigenvalue weighted by molar-refractivity contribution is 5.51. The first-order valence-corrected chi connectivity index (χ1v) is 4.87. The molecule has 1 aromatic rings. The topological polar surface area (TPSA) is 20.2 Å². The molecule has 0 atom stereocenters. The van der Waals surface area contributed by atoms with Gasteiger partial charge < -0.3 is 5.11 Å². The summed E-state index contributed by atoms with van der Waals surface area (Å²) in [5.74, 6) is 0.341. The molecule has 1 heteroatoms. The molecule has 0 radical (unpaired) electrons. The summed E-state index contributed by atoms with van der Waals surface area (Å²) in [6.07, 6.45) is 1.76. The SMILES string of the molecule is C/C(O)=C\c1ccc(C(C)(C)C)cc1. The first-order chi connectivity index (χ1) is 6.39. The fraction of sp³-hybridized carbons (Fsp3) is 0.385. The second-order valence-corrected chi connectivity index (χ2v) is 4.66. The summed E-state index contributed by atoms with van der Waals surface area (Å²) in [6.45, 7) is 8.25. The van der Waals surface area contributed by atoms with E-state index in [4.69, 9.17) is 5.11 Å². The molecular formula is C13H18O. The van der Waals surface area contributed by atoms with Gasteiger partial charge in [-0.05, 0) is 29.5 Å². The quantitative estimate of drug-likeness (QED) is 0.666. The molecule has 0 amide bonds. The third-order valence-electron chi connectivity index (χ3n) is 2.15. The van der Waals surface area contributed by atoms with E-state index in [1.165, 1.54) is 5.56 Å². The Morgan fingerprint density at radius 1 is 1.14 bits per heavy atom. The average molecular weight is 190 g/mol. The van der Waals surface area contributed by atoms with Gasteiger partial charge in [-0.25, -0.2) is 0 Å². The van der Waals surface area contributed by atoms with Gasteiger partial charge in [0.2, 0.25) is 0 Å². The zero-order valence-electron chi connectivity index (χ0n) is 9.33. The summed E-state index contributed by atoms with van der Waals surface area (Å²) < 4.78 is 0. The molecule has 0 spiro atoms. The van der Waals surface area contributed by atoms with Gasteiger partial charge in [-0.3, -0.25) is 0 Å². The van der Waals surface area contributed by atoms with Gasteiger partial charge in [0.1, 0.15) is 0 Å². The van der Waals surface area contributed by atoms with Crippen LogP contribution >= 0.6 is 0 Å². The lowest BCUT2D eigenvalue weighted by Gasteiger charge is -2.18. The van der Waals surface area contributed by atoms with E-state index >= 15 is 0 Å². The van der Waals surface area contributed by atoms with E-state index in [2.05, 4.69) is 32.9 Å². The molecule has 0 fully saturated rings. The molecule has 0 bridgehead atoms. The molecule has 0 aliphatic carbocycles. The molecule has 0 saturated carbocycles. The molecule has 0 heterocycles. The molecule has 0 aromatic heterocycles. The monoisotopic (exact) mass is 190 g/mol. The molecule has 14 heavy (non-hydrogen) atoms. The van der Waals surface area contributed by atoms with Crippen LogP contribution in [0, 0.1) is 0 Å². The summed E-state index contributed by atoms with van der Waals surface area (Å²) in [7, 11) is 0. The largest absolute Gasteiger partial charge is 0.513 e. The molecule has 1 aromatic carbocycles. The maximum atomic E-state index is 9.10. The van der Waals surface area contributed by atoms with E-state index in [1.54, 1.807) is 13.0 Å². The zero-order chi connectivity index (χ0) is 10.8. The van der Waals surface area contributed by atoms with Crippen molar-refractivity contribution >= 4 is 6.08 Å². The highest BCUT2D eigenvalue weighted by Gasteiger charge is 2.12. The summed E-state index contributed by atoms with van der Waals surface area (Å²) >= 11 is 0. The Labute approximate surface area is 86.1 Å². The van der Waals surface area contributed by atoms with Gasteiger partial charge >= 0.3 is 0 Å². The minimum absolute atomic E-state index is 0.191. The Morgan fingerprint density at radius 3 is 2.00 bits per heavy atom. The first kappa shape index (κ1) is 10.8. The van der Waals surface area contributed by atoms with Crippen molar-refractivity contribution in [1.82, 2.24) is 0 Å². The Hall–Kier alpha value is -1.24. The molecule has 0 aliphatic heterocycles. The highest BCUT2D eigenvalue weighted by Crippen LogP contribution is 2.22. The number of aliphatic hydroxyl groups is 1. The van der Waals surface area contributed by atoms with Crippen molar-refractivity contribution in [3.63, 3.8) is 0 Å². The van der Waals surface area contributed by atoms with Crippen molar-refractivity contribution in [3.8, 4) is 0 Å². The van der Waals surface area contributed by atoms with Crippen LogP contribution in [-0.4, -0.2) is 5.11 Å². The number of hydrogen-bond donors (Lipinski definition) is 1. The minimum atomic E-state index is 0.191. The minimum Gasteiger partial charge on any atom is -0.513 e. The van der Waals surface area contributed by atoms with Gasteiger partial charge in [0.15, 0.2) is 0 Å². The lowest BCUT2D eigenvalue weighted by atomic mass is 9.87. The van der Waals surface area contributed by atoms with Crippen LogP contribution in [0.25, 0.3) is 6.08 Å². The van der Waals surface area contributed by atoms with Crippen LogP contribution in [0.1, 0.15) is 38.8 Å². The maximum absolute atomic E-state index is 9.10. The summed E-state index contributed by atoms with van der Waals surface area (Å²) in [6, 6.07) is 8.27. The fourth-order valence-electron chi connectivity index (χ4n) is 1.32. The van der Waals surface area contributed by atoms with Crippen molar-refractivity contribution in [2.75, 3.05) is 0 Å². The van der Waals surface area contributed by atoms with Gasteiger partial charge in [-0.2, -0.15) is 0 Å². The van der Waals surface area contributed by atoms with E-state index in [1.807, 2.05) is 12.1 Å². The van der Waals surface area contributed by atoms with Gasteiger partial charge in [-0.15, -0.1) is 0 Å². The highest BCUT2D eigenvalue weighted by atomic mass is 16.3. The molecule has 0 saturated heterocycles. The first-order valence-electron chi connectivity index (χ1n) is 4.87. The van der Waals surface area contributed by atoms with Gasteiger partial charge in [0.25, 0.3) is 0 Å². The van der Waals surface area contributed by atoms with Crippen molar-refractivity contribution in [3.05, 3.63) is 41.2 Å². The van der Waals surface area contributed by atoms with E-state index < -0.39 is 0 Å². The number of aliphatic hydroxyl groups excluding tert-OH is 1. The van der Waals surface area contributed by atoms with E-state index in [0.717, 1.165) is 5.56 Å². The molecule has 0 unspecified atom stereocenters. The Bertz CT molecular complexity index is 321. The van der Waals surface area contributed by atoms with Gasteiger partial charge in [0, 0.05) is 0 Å². The predicted molar refractivity (Wildman–Crippen MR) is 61.4 cm³/mol. The normalized spacial score (nSPS) is 13.0. The maximum Gasteiger partial charge on any atom is 0.0897 e. The lowest BCUT2D eigenvalue weighted by Crippen LogP contribution is -2.10. The van der Waals surface area contributed by atoms with Gasteiger partial charge in [0.05, 0.1) is 5.76 Å². The van der Waals surface area contributed by atoms with Crippen LogP contribution < -0.4 is 0 Å². The number of allylic oxidation sites excluding steroid dienone is 1. The smallest absolute Gasteiger partial charge is 0.0897 e. The number of hydrogen-bond acceptors (Lipinski definition) is 1. The molecule has 1 N–H and O–H groups in total. The second-order valence-electron chi connectivity index (χ2n) is 4.66. The Kier molecular flexibility index (Phi) is 3.00. The van der Waals surface area contributed by atoms with Crippen LogP contribution in [0.4, 0.5) is 0 Å². The van der Waals surface area contributed by atoms with Crippen LogP contribution in [-0.2, 0) is 5.41 Å². The summed E-state index contributed by atoms with van der Waals surface area (Å²) in [4.78, 5) is 0. The van der Waals surface area contributed by atoms with Crippen molar-refractivity contribution in [2.45, 2.75) is 33.1 Å². The molecular weight excluding hydrogens is 172 g/mol. The van der Waals surface area contributed by atoms with Gasteiger partial charge in [-0.1, -0.05) is 45.0 Å². The standard InChI is InChI=1S/C13H18O/c1-10(14)9-11-5-7-12(8-6-11)13(2,3)4/h5-9,14H,1-4H3/b10-9+. The van der Waals surface area contributed by atoms with E-state index in [9.17, 15) is 0 Å². The van der Waals surface area contributed by atoms with Crippen LogP contribution in [0.15, 0.2) is 30.0 Å². The third-order valence-corrected chi connectivity index (χ3v) is 2.15. The second kappa shape index (κ2) is 3.87. The van der Waals surface area contributed by atoms with Crippen LogP contribution in [0.2, 0.25) is 0 Å². The molecule has 1 rings (SSSR count). The predicted octanol–water partition coefficient (Wildman–Crippen LogP) is 3.90. The fourth-order valence-corrected chi connectivity index (χ4v) is 1.32. The Balaban J connectivity index is 2.95. The number of rotatable bonds is 1. The number of benzene rings is 1. The van der Waals surface area contributed by atoms with E-state index in [-0.39, 0.29) is 5.41 Å². The van der Waals surface area contributed by atoms with E-state index in [0.29, 0.717) is 5.76 Å².